The summed E-state index contributed by atoms with van der Waals surface area (Å²) in [4.78, 5) is 22.8. The van der Waals surface area contributed by atoms with E-state index in [-0.39, 0.29) is 29.7 Å². The Hall–Kier alpha value is -3.49. The molecule has 3 rings (SSSR count). The van der Waals surface area contributed by atoms with Crippen LogP contribution < -0.4 is 10.5 Å². The Labute approximate surface area is 158 Å². The zero-order valence-corrected chi connectivity index (χ0v) is 14.7. The fraction of sp³-hybridized carbons (Fsp3) is 0.158. The van der Waals surface area contributed by atoms with Crippen molar-refractivity contribution >= 4 is 12.2 Å². The second kappa shape index (κ2) is 8.03. The number of anilines is 1. The van der Waals surface area contributed by atoms with Gasteiger partial charge in [0.1, 0.15) is 18.1 Å². The van der Waals surface area contributed by atoms with Gasteiger partial charge in [-0.15, -0.1) is 0 Å². The van der Waals surface area contributed by atoms with Gasteiger partial charge < -0.3 is 10.5 Å². The van der Waals surface area contributed by atoms with E-state index in [0.29, 0.717) is 23.1 Å². The number of aromatic nitrogens is 3. The number of aldehydes is 1. The maximum atomic E-state index is 13.3. The van der Waals surface area contributed by atoms with Crippen LogP contribution >= 0.6 is 0 Å². The van der Waals surface area contributed by atoms with Gasteiger partial charge in [0.15, 0.2) is 6.29 Å². The lowest BCUT2D eigenvalue weighted by Gasteiger charge is -2.15. The number of nitrogen functional groups attached to an aromatic ring is 1. The number of aryl methyl sites for hydroxylation is 1. The van der Waals surface area contributed by atoms with Gasteiger partial charge in [-0.25, -0.2) is 18.2 Å². The number of hydrogen-bond acceptors (Lipinski definition) is 6. The van der Waals surface area contributed by atoms with Crippen molar-refractivity contribution in [1.82, 2.24) is 15.0 Å². The molecule has 6 nitrogen and oxygen atoms in total. The topological polar surface area (TPSA) is 91.0 Å². The molecular formula is C19H15F3N4O2. The van der Waals surface area contributed by atoms with E-state index in [1.165, 1.54) is 30.3 Å². The Morgan fingerprint density at radius 1 is 1.11 bits per heavy atom. The number of ether oxygens (including phenoxy) is 1. The summed E-state index contributed by atoms with van der Waals surface area (Å²) in [5.74, 6) is -0.655. The predicted molar refractivity (Wildman–Crippen MR) is 96.3 cm³/mol. The molecule has 2 heterocycles. The lowest BCUT2D eigenvalue weighted by molar-refractivity contribution is -0.109. The second-order valence-corrected chi connectivity index (χ2v) is 5.82. The maximum absolute atomic E-state index is 13.3. The summed E-state index contributed by atoms with van der Waals surface area (Å²) < 4.78 is 45.2. The molecule has 2 N–H and O–H groups in total. The first-order valence-electron chi connectivity index (χ1n) is 8.16. The Bertz CT molecular complexity index is 1010. The smallest absolute Gasteiger partial charge is 0.280 e. The summed E-state index contributed by atoms with van der Waals surface area (Å²) in [5, 5.41) is 0. The van der Waals surface area contributed by atoms with E-state index in [2.05, 4.69) is 15.0 Å². The van der Waals surface area contributed by atoms with E-state index in [1.807, 2.05) is 0 Å². The average Bonchev–Trinajstić information content (AvgIpc) is 2.65. The molecule has 0 saturated heterocycles. The Morgan fingerprint density at radius 2 is 1.82 bits per heavy atom. The summed E-state index contributed by atoms with van der Waals surface area (Å²) in [7, 11) is 0. The first-order valence-corrected chi connectivity index (χ1v) is 8.16. The van der Waals surface area contributed by atoms with Crippen LogP contribution in [0.15, 0.2) is 36.4 Å². The minimum atomic E-state index is -2.79. The standard InChI is InChI=1S/C19H15F3N4O2/c1-10-8-12(9-14(24-10)17(21)22)15-16(11-2-4-13(20)5-3-11)25-19(23)26-18(15)28-7-6-27/h2-6,8-9,17H,7H2,1H3,(H2,23,25,26). The van der Waals surface area contributed by atoms with Gasteiger partial charge in [-0.05, 0) is 48.9 Å². The zero-order chi connectivity index (χ0) is 20.3. The molecule has 0 unspecified atom stereocenters. The fourth-order valence-corrected chi connectivity index (χ4v) is 2.70. The lowest BCUT2D eigenvalue weighted by atomic mass is 9.99. The van der Waals surface area contributed by atoms with E-state index >= 15 is 0 Å². The van der Waals surface area contributed by atoms with E-state index in [1.54, 1.807) is 13.0 Å². The number of nitrogens with zero attached hydrogens (tertiary/aromatic N) is 3. The van der Waals surface area contributed by atoms with Gasteiger partial charge >= 0.3 is 0 Å². The third-order valence-corrected chi connectivity index (χ3v) is 3.78. The van der Waals surface area contributed by atoms with Crippen LogP contribution in [0.1, 0.15) is 17.8 Å². The van der Waals surface area contributed by atoms with E-state index < -0.39 is 17.9 Å². The number of benzene rings is 1. The SMILES string of the molecule is Cc1cc(-c2c(OCC=O)nc(N)nc2-c2ccc(F)cc2)cc(C(F)F)n1. The van der Waals surface area contributed by atoms with Crippen LogP contribution in [0.5, 0.6) is 5.88 Å². The Balaban J connectivity index is 2.30. The fourth-order valence-electron chi connectivity index (χ4n) is 2.70. The van der Waals surface area contributed by atoms with Gasteiger partial charge in [-0.2, -0.15) is 4.98 Å². The summed E-state index contributed by atoms with van der Waals surface area (Å²) in [6, 6.07) is 8.13. The van der Waals surface area contributed by atoms with Crippen molar-refractivity contribution in [1.29, 1.82) is 0 Å². The molecule has 0 aliphatic rings. The molecule has 2 aromatic heterocycles. The van der Waals surface area contributed by atoms with Gasteiger partial charge in [-0.3, -0.25) is 9.78 Å². The minimum Gasteiger partial charge on any atom is -0.469 e. The Morgan fingerprint density at radius 3 is 2.46 bits per heavy atom. The molecule has 3 aromatic rings. The number of carbonyl (C=O) groups is 1. The molecule has 144 valence electrons. The number of nitrogens with two attached hydrogens (primary N) is 1. The quantitative estimate of drug-likeness (QED) is 0.647. The predicted octanol–water partition coefficient (Wildman–Crippen LogP) is 3.75. The van der Waals surface area contributed by atoms with Crippen LogP contribution in [0.25, 0.3) is 22.4 Å². The maximum Gasteiger partial charge on any atom is 0.280 e. The van der Waals surface area contributed by atoms with Gasteiger partial charge in [0.25, 0.3) is 6.43 Å². The third-order valence-electron chi connectivity index (χ3n) is 3.78. The van der Waals surface area contributed by atoms with Gasteiger partial charge in [0.05, 0.1) is 11.3 Å². The highest BCUT2D eigenvalue weighted by molar-refractivity contribution is 5.85. The first-order chi connectivity index (χ1) is 13.4. The van der Waals surface area contributed by atoms with Crippen molar-refractivity contribution in [3.05, 3.63) is 53.6 Å². The van der Waals surface area contributed by atoms with Crippen LogP contribution in [0.2, 0.25) is 0 Å². The van der Waals surface area contributed by atoms with Crippen LogP contribution in [-0.2, 0) is 4.79 Å². The molecule has 0 radical (unpaired) electrons. The molecule has 0 bridgehead atoms. The van der Waals surface area contributed by atoms with E-state index in [4.69, 9.17) is 10.5 Å². The van der Waals surface area contributed by atoms with Crippen molar-refractivity contribution in [3.8, 4) is 28.3 Å². The van der Waals surface area contributed by atoms with Crippen molar-refractivity contribution in [3.63, 3.8) is 0 Å². The molecule has 0 spiro atoms. The minimum absolute atomic E-state index is 0.0512. The largest absolute Gasteiger partial charge is 0.469 e. The first kappa shape index (κ1) is 19.3. The summed E-state index contributed by atoms with van der Waals surface area (Å²) in [6.45, 7) is 1.25. The molecule has 0 amide bonds. The van der Waals surface area contributed by atoms with E-state index in [9.17, 15) is 18.0 Å². The number of hydrogen-bond donors (Lipinski definition) is 1. The van der Waals surface area contributed by atoms with Gasteiger partial charge in [0.2, 0.25) is 11.8 Å². The van der Waals surface area contributed by atoms with Crippen LogP contribution in [-0.4, -0.2) is 27.8 Å². The molecule has 28 heavy (non-hydrogen) atoms. The molecule has 0 aliphatic heterocycles. The van der Waals surface area contributed by atoms with E-state index in [0.717, 1.165) is 0 Å². The number of pyridine rings is 1. The van der Waals surface area contributed by atoms with Crippen molar-refractivity contribution in [2.45, 2.75) is 13.3 Å². The molecule has 0 aliphatic carbocycles. The summed E-state index contributed by atoms with van der Waals surface area (Å²) in [5.41, 5.74) is 6.94. The molecular weight excluding hydrogens is 373 g/mol. The molecule has 0 atom stereocenters. The number of carbonyl (C=O) groups excluding carboxylic acids is 1. The summed E-state index contributed by atoms with van der Waals surface area (Å²) >= 11 is 0. The average molecular weight is 388 g/mol. The molecule has 0 fully saturated rings. The van der Waals surface area contributed by atoms with Crippen molar-refractivity contribution in [2.75, 3.05) is 12.3 Å². The van der Waals surface area contributed by atoms with Crippen LogP contribution in [0.4, 0.5) is 19.1 Å². The monoisotopic (exact) mass is 388 g/mol. The normalized spacial score (nSPS) is 10.9. The highest BCUT2D eigenvalue weighted by Gasteiger charge is 2.21. The van der Waals surface area contributed by atoms with Crippen LogP contribution in [0.3, 0.4) is 0 Å². The van der Waals surface area contributed by atoms with Gasteiger partial charge in [0, 0.05) is 11.3 Å². The number of rotatable bonds is 6. The Kier molecular flexibility index (Phi) is 5.53. The molecule has 9 heteroatoms. The van der Waals surface area contributed by atoms with Gasteiger partial charge in [-0.1, -0.05) is 0 Å². The number of alkyl halides is 2. The molecule has 0 saturated carbocycles. The highest BCUT2D eigenvalue weighted by Crippen LogP contribution is 2.38. The van der Waals surface area contributed by atoms with Crippen molar-refractivity contribution < 1.29 is 22.7 Å². The molecule has 1 aromatic carbocycles. The second-order valence-electron chi connectivity index (χ2n) is 5.82. The van der Waals surface area contributed by atoms with Crippen LogP contribution in [0, 0.1) is 12.7 Å². The third kappa shape index (κ3) is 4.08. The number of halogens is 3. The van der Waals surface area contributed by atoms with Crippen molar-refractivity contribution in [2.24, 2.45) is 0 Å². The summed E-state index contributed by atoms with van der Waals surface area (Å²) in [6.07, 6.45) is -2.27. The highest BCUT2D eigenvalue weighted by atomic mass is 19.3. The lowest BCUT2D eigenvalue weighted by Crippen LogP contribution is -2.07. The zero-order valence-electron chi connectivity index (χ0n) is 14.7.